The number of oxime groups is 1. The molecule has 1 N–H and O–H groups in total. The Labute approximate surface area is 127 Å². The van der Waals surface area contributed by atoms with Crippen LogP contribution in [0.25, 0.3) is 22.4 Å². The van der Waals surface area contributed by atoms with E-state index in [1.54, 1.807) is 6.92 Å². The van der Waals surface area contributed by atoms with Crippen molar-refractivity contribution < 1.29 is 5.21 Å². The summed E-state index contributed by atoms with van der Waals surface area (Å²) in [4.78, 5) is 4.67. The molecule has 0 saturated heterocycles. The fourth-order valence-corrected chi connectivity index (χ4v) is 2.47. The lowest BCUT2D eigenvalue weighted by Crippen LogP contribution is -1.94. The first-order chi connectivity index (χ1) is 10.1. The predicted molar refractivity (Wildman–Crippen MR) is 85.2 cm³/mol. The first-order valence-corrected chi connectivity index (χ1v) is 6.89. The lowest BCUT2D eigenvalue weighted by Gasteiger charge is -2.02. The zero-order valence-corrected chi connectivity index (χ0v) is 12.5. The van der Waals surface area contributed by atoms with Crippen molar-refractivity contribution in [1.29, 1.82) is 0 Å². The van der Waals surface area contributed by atoms with Crippen molar-refractivity contribution in [3.05, 3.63) is 53.1 Å². The number of rotatable bonds is 2. The summed E-state index contributed by atoms with van der Waals surface area (Å²) in [6.45, 7) is 1.75. The first-order valence-electron chi connectivity index (χ1n) is 6.51. The van der Waals surface area contributed by atoms with Gasteiger partial charge < -0.3 is 9.77 Å². The van der Waals surface area contributed by atoms with E-state index in [0.29, 0.717) is 10.7 Å². The number of halogens is 1. The standard InChI is InChI=1S/C16H14ClN3O/c1-10(19-21)12-5-8-15-14(9-12)18-16(20(15)2)11-3-6-13(17)7-4-11/h3-9,21H,1-2H3/b19-10+. The molecule has 0 atom stereocenters. The van der Waals surface area contributed by atoms with Gasteiger partial charge in [0.05, 0.1) is 16.7 Å². The molecule has 5 heteroatoms. The molecule has 1 aromatic heterocycles. The third-order valence-corrected chi connectivity index (χ3v) is 3.80. The second-order valence-corrected chi connectivity index (χ2v) is 5.33. The van der Waals surface area contributed by atoms with E-state index in [2.05, 4.69) is 10.1 Å². The van der Waals surface area contributed by atoms with Crippen molar-refractivity contribution in [2.75, 3.05) is 0 Å². The van der Waals surface area contributed by atoms with Gasteiger partial charge in [-0.05, 0) is 43.3 Å². The normalized spacial score (nSPS) is 12.0. The van der Waals surface area contributed by atoms with Crippen LogP contribution in [0.1, 0.15) is 12.5 Å². The third kappa shape index (κ3) is 2.38. The maximum Gasteiger partial charge on any atom is 0.140 e. The smallest absolute Gasteiger partial charge is 0.140 e. The molecule has 0 bridgehead atoms. The van der Waals surface area contributed by atoms with E-state index in [4.69, 9.17) is 16.8 Å². The van der Waals surface area contributed by atoms with Crippen LogP contribution in [0.15, 0.2) is 47.6 Å². The van der Waals surface area contributed by atoms with Crippen molar-refractivity contribution in [2.45, 2.75) is 6.92 Å². The molecule has 4 nitrogen and oxygen atoms in total. The van der Waals surface area contributed by atoms with E-state index in [1.165, 1.54) is 0 Å². The van der Waals surface area contributed by atoms with Gasteiger partial charge in [0.25, 0.3) is 0 Å². The molecule has 0 aliphatic carbocycles. The van der Waals surface area contributed by atoms with Crippen LogP contribution in [0.3, 0.4) is 0 Å². The van der Waals surface area contributed by atoms with Gasteiger partial charge in [-0.15, -0.1) is 0 Å². The van der Waals surface area contributed by atoms with Crippen LogP contribution in [0.4, 0.5) is 0 Å². The van der Waals surface area contributed by atoms with Gasteiger partial charge in [-0.25, -0.2) is 4.98 Å². The number of imidazole rings is 1. The second-order valence-electron chi connectivity index (χ2n) is 4.89. The Morgan fingerprint density at radius 3 is 2.57 bits per heavy atom. The number of aryl methyl sites for hydroxylation is 1. The summed E-state index contributed by atoms with van der Waals surface area (Å²) in [5, 5.41) is 12.8. The van der Waals surface area contributed by atoms with Crippen LogP contribution in [0.2, 0.25) is 5.02 Å². The quantitative estimate of drug-likeness (QED) is 0.440. The van der Waals surface area contributed by atoms with Crippen LogP contribution in [-0.2, 0) is 7.05 Å². The molecule has 0 radical (unpaired) electrons. The van der Waals surface area contributed by atoms with Crippen LogP contribution < -0.4 is 0 Å². The summed E-state index contributed by atoms with van der Waals surface area (Å²) in [6, 6.07) is 13.4. The second kappa shape index (κ2) is 5.22. The van der Waals surface area contributed by atoms with Gasteiger partial charge in [-0.1, -0.05) is 22.8 Å². The first kappa shape index (κ1) is 13.6. The maximum absolute atomic E-state index is 8.87. The Kier molecular flexibility index (Phi) is 3.39. The average Bonchev–Trinajstić information content (AvgIpc) is 2.84. The van der Waals surface area contributed by atoms with Gasteiger partial charge in [-0.2, -0.15) is 0 Å². The fourth-order valence-electron chi connectivity index (χ4n) is 2.34. The summed E-state index contributed by atoms with van der Waals surface area (Å²) in [7, 11) is 1.98. The predicted octanol–water partition coefficient (Wildman–Crippen LogP) is 4.09. The van der Waals surface area contributed by atoms with Crippen molar-refractivity contribution in [3.8, 4) is 11.4 Å². The molecule has 3 aromatic rings. The highest BCUT2D eigenvalue weighted by Crippen LogP contribution is 2.25. The Bertz CT molecular complexity index is 835. The molecule has 0 aliphatic rings. The summed E-state index contributed by atoms with van der Waals surface area (Å²) < 4.78 is 2.04. The van der Waals surface area contributed by atoms with Gasteiger partial charge in [0, 0.05) is 23.2 Å². The minimum Gasteiger partial charge on any atom is -0.411 e. The highest BCUT2D eigenvalue weighted by molar-refractivity contribution is 6.30. The molecule has 0 aliphatic heterocycles. The topological polar surface area (TPSA) is 50.4 Å². The zero-order valence-electron chi connectivity index (χ0n) is 11.7. The summed E-state index contributed by atoms with van der Waals surface area (Å²) in [6.07, 6.45) is 0. The Morgan fingerprint density at radius 2 is 1.90 bits per heavy atom. The van der Waals surface area contributed by atoms with Crippen LogP contribution >= 0.6 is 11.6 Å². The van der Waals surface area contributed by atoms with Crippen molar-refractivity contribution in [2.24, 2.45) is 12.2 Å². The van der Waals surface area contributed by atoms with Gasteiger partial charge >= 0.3 is 0 Å². The molecule has 1 heterocycles. The monoisotopic (exact) mass is 299 g/mol. The van der Waals surface area contributed by atoms with Crippen molar-refractivity contribution in [3.63, 3.8) is 0 Å². The Morgan fingerprint density at radius 1 is 1.19 bits per heavy atom. The zero-order chi connectivity index (χ0) is 15.0. The highest BCUT2D eigenvalue weighted by Gasteiger charge is 2.11. The van der Waals surface area contributed by atoms with E-state index >= 15 is 0 Å². The van der Waals surface area contributed by atoms with Crippen LogP contribution in [0, 0.1) is 0 Å². The van der Waals surface area contributed by atoms with Crippen LogP contribution in [-0.4, -0.2) is 20.5 Å². The molecule has 0 unspecified atom stereocenters. The largest absolute Gasteiger partial charge is 0.411 e. The molecule has 21 heavy (non-hydrogen) atoms. The number of nitrogens with zero attached hydrogens (tertiary/aromatic N) is 3. The minimum atomic E-state index is 0.565. The number of hydrogen-bond donors (Lipinski definition) is 1. The molecular weight excluding hydrogens is 286 g/mol. The molecule has 0 fully saturated rings. The van der Waals surface area contributed by atoms with Gasteiger partial charge in [-0.3, -0.25) is 0 Å². The molecule has 106 valence electrons. The van der Waals surface area contributed by atoms with Gasteiger partial charge in [0.2, 0.25) is 0 Å². The third-order valence-electron chi connectivity index (χ3n) is 3.55. The lowest BCUT2D eigenvalue weighted by atomic mass is 10.1. The van der Waals surface area contributed by atoms with E-state index < -0.39 is 0 Å². The molecule has 3 rings (SSSR count). The van der Waals surface area contributed by atoms with Crippen LogP contribution in [0.5, 0.6) is 0 Å². The summed E-state index contributed by atoms with van der Waals surface area (Å²) >= 11 is 5.93. The number of aromatic nitrogens is 2. The molecule has 0 saturated carbocycles. The SMILES string of the molecule is C/C(=N\O)c1ccc2c(c1)nc(-c1ccc(Cl)cc1)n2C. The Hall–Kier alpha value is -2.33. The number of hydrogen-bond acceptors (Lipinski definition) is 3. The van der Waals surface area contributed by atoms with Gasteiger partial charge in [0.1, 0.15) is 5.82 Å². The summed E-state index contributed by atoms with van der Waals surface area (Å²) in [5.41, 5.74) is 4.31. The molecule has 0 amide bonds. The van der Waals surface area contributed by atoms with E-state index in [-0.39, 0.29) is 0 Å². The Balaban J connectivity index is 2.17. The minimum absolute atomic E-state index is 0.565. The molecule has 2 aromatic carbocycles. The van der Waals surface area contributed by atoms with E-state index in [9.17, 15) is 0 Å². The summed E-state index contributed by atoms with van der Waals surface area (Å²) in [5.74, 6) is 0.873. The highest BCUT2D eigenvalue weighted by atomic mass is 35.5. The number of fused-ring (bicyclic) bond motifs is 1. The van der Waals surface area contributed by atoms with E-state index in [0.717, 1.165) is 28.0 Å². The number of benzene rings is 2. The van der Waals surface area contributed by atoms with Gasteiger partial charge in [0.15, 0.2) is 0 Å². The van der Waals surface area contributed by atoms with Crippen molar-refractivity contribution in [1.82, 2.24) is 9.55 Å². The average molecular weight is 300 g/mol. The lowest BCUT2D eigenvalue weighted by molar-refractivity contribution is 0.319. The molecule has 0 spiro atoms. The molecular formula is C16H14ClN3O. The fraction of sp³-hybridized carbons (Fsp3) is 0.125. The van der Waals surface area contributed by atoms with E-state index in [1.807, 2.05) is 54.1 Å². The maximum atomic E-state index is 8.87. The van der Waals surface area contributed by atoms with Crippen molar-refractivity contribution >= 4 is 28.3 Å².